The smallest absolute Gasteiger partial charge is 0.310 e. The molecule has 2 bridgehead atoms. The summed E-state index contributed by atoms with van der Waals surface area (Å²) in [6.07, 6.45) is 6.34. The van der Waals surface area contributed by atoms with Crippen molar-refractivity contribution in [2.24, 2.45) is 11.8 Å². The summed E-state index contributed by atoms with van der Waals surface area (Å²) < 4.78 is 5.81. The number of carboxylic acid groups (broad SMARTS) is 1. The first-order valence-corrected chi connectivity index (χ1v) is 6.44. The van der Waals surface area contributed by atoms with E-state index < -0.39 is 29.5 Å². The van der Waals surface area contributed by atoms with Crippen LogP contribution >= 0.6 is 0 Å². The number of carbonyl (C=O) groups excluding carboxylic acids is 1. The van der Waals surface area contributed by atoms with Gasteiger partial charge >= 0.3 is 5.97 Å². The minimum Gasteiger partial charge on any atom is -0.481 e. The van der Waals surface area contributed by atoms with Gasteiger partial charge in [0.25, 0.3) is 0 Å². The van der Waals surface area contributed by atoms with E-state index in [1.807, 2.05) is 6.08 Å². The van der Waals surface area contributed by atoms with Crippen LogP contribution in [0.15, 0.2) is 36.7 Å². The number of nitrogens with zero attached hydrogens (tertiary/aromatic N) is 2. The van der Waals surface area contributed by atoms with E-state index in [9.17, 15) is 14.7 Å². The fraction of sp³-hybridized carbons (Fsp3) is 0.357. The molecule has 6 nitrogen and oxygen atoms in total. The Labute approximate surface area is 114 Å². The minimum atomic E-state index is -0.979. The molecule has 1 N–H and O–H groups in total. The summed E-state index contributed by atoms with van der Waals surface area (Å²) >= 11 is 0. The molecule has 0 aliphatic carbocycles. The van der Waals surface area contributed by atoms with Crippen molar-refractivity contribution in [1.29, 1.82) is 0 Å². The third kappa shape index (κ3) is 1.29. The summed E-state index contributed by atoms with van der Waals surface area (Å²) in [7, 11) is 0. The van der Waals surface area contributed by atoms with E-state index in [1.165, 1.54) is 0 Å². The maximum absolute atomic E-state index is 12.6. The Bertz CT molecular complexity index is 629. The molecule has 0 radical (unpaired) electrons. The molecule has 1 amide bonds. The molecule has 4 atom stereocenters. The van der Waals surface area contributed by atoms with Crippen LogP contribution in [-0.2, 0) is 14.3 Å². The van der Waals surface area contributed by atoms with E-state index in [4.69, 9.17) is 4.74 Å². The first kappa shape index (κ1) is 11.6. The number of rotatable bonds is 2. The van der Waals surface area contributed by atoms with Crippen molar-refractivity contribution >= 4 is 17.6 Å². The second kappa shape index (κ2) is 3.67. The van der Waals surface area contributed by atoms with E-state index in [2.05, 4.69) is 4.98 Å². The molecular weight excluding hydrogens is 260 g/mol. The predicted octanol–water partition coefficient (Wildman–Crippen LogP) is 0.453. The second-order valence-electron chi connectivity index (χ2n) is 5.37. The molecule has 6 heteroatoms. The summed E-state index contributed by atoms with van der Waals surface area (Å²) in [6.45, 7) is 0.346. The molecule has 3 aliphatic heterocycles. The molecule has 1 aromatic rings. The summed E-state index contributed by atoms with van der Waals surface area (Å²) in [5.41, 5.74) is -0.119. The van der Waals surface area contributed by atoms with Crippen LogP contribution in [0.25, 0.3) is 0 Å². The first-order chi connectivity index (χ1) is 9.62. The highest BCUT2D eigenvalue weighted by Gasteiger charge is 2.67. The third-order valence-electron chi connectivity index (χ3n) is 4.34. The highest BCUT2D eigenvalue weighted by atomic mass is 16.5. The molecule has 0 saturated carbocycles. The van der Waals surface area contributed by atoms with E-state index in [-0.39, 0.29) is 5.91 Å². The van der Waals surface area contributed by atoms with Crippen LogP contribution in [0.2, 0.25) is 0 Å². The maximum Gasteiger partial charge on any atom is 0.310 e. The standard InChI is InChI=1S/C14H12N2O4/c17-12-11-10(13(18)19)9-3-4-14(11,20-9)7-16(12)8-2-1-5-15-6-8/h1-6,9-11H,7H2,(H,18,19)/t9-,10+,11-,14-/m1/s1. The number of hydrogen-bond acceptors (Lipinski definition) is 4. The van der Waals surface area contributed by atoms with Crippen LogP contribution in [0.3, 0.4) is 0 Å². The topological polar surface area (TPSA) is 79.7 Å². The maximum atomic E-state index is 12.6. The van der Waals surface area contributed by atoms with Gasteiger partial charge in [-0.15, -0.1) is 0 Å². The second-order valence-corrected chi connectivity index (χ2v) is 5.37. The van der Waals surface area contributed by atoms with E-state index in [0.717, 1.165) is 0 Å². The quantitative estimate of drug-likeness (QED) is 0.791. The average Bonchev–Trinajstić information content (AvgIpc) is 3.08. The molecule has 4 rings (SSSR count). The number of ether oxygens (including phenoxy) is 1. The highest BCUT2D eigenvalue weighted by Crippen LogP contribution is 2.52. The number of anilines is 1. The molecule has 2 fully saturated rings. The Kier molecular flexibility index (Phi) is 2.13. The summed E-state index contributed by atoms with van der Waals surface area (Å²) in [5.74, 6) is -2.62. The zero-order valence-corrected chi connectivity index (χ0v) is 10.5. The molecule has 20 heavy (non-hydrogen) atoms. The Morgan fingerprint density at radius 3 is 3.10 bits per heavy atom. The van der Waals surface area contributed by atoms with Crippen LogP contribution < -0.4 is 4.90 Å². The van der Waals surface area contributed by atoms with Crippen LogP contribution in [-0.4, -0.2) is 40.2 Å². The van der Waals surface area contributed by atoms with Crippen molar-refractivity contribution < 1.29 is 19.4 Å². The van der Waals surface area contributed by atoms with Gasteiger partial charge < -0.3 is 14.7 Å². The SMILES string of the molecule is O=C(O)[C@H]1[C@H]2C=C[C@]3(CN(c4cccnc4)C(=O)[C@@H]13)O2. The lowest BCUT2D eigenvalue weighted by atomic mass is 9.77. The van der Waals surface area contributed by atoms with Crippen molar-refractivity contribution in [1.82, 2.24) is 4.98 Å². The van der Waals surface area contributed by atoms with Crippen molar-refractivity contribution in [2.75, 3.05) is 11.4 Å². The molecular formula is C14H12N2O4. The zero-order chi connectivity index (χ0) is 13.9. The van der Waals surface area contributed by atoms with Gasteiger partial charge in [0.2, 0.25) is 5.91 Å². The average molecular weight is 272 g/mol. The molecule has 0 aromatic carbocycles. The number of aromatic nitrogens is 1. The number of hydrogen-bond donors (Lipinski definition) is 1. The van der Waals surface area contributed by atoms with Crippen LogP contribution in [0.5, 0.6) is 0 Å². The van der Waals surface area contributed by atoms with Crippen LogP contribution in [0.4, 0.5) is 5.69 Å². The van der Waals surface area contributed by atoms with Crippen LogP contribution in [0.1, 0.15) is 0 Å². The summed E-state index contributed by atoms with van der Waals surface area (Å²) in [4.78, 5) is 29.6. The normalized spacial score (nSPS) is 37.5. The molecule has 4 heterocycles. The summed E-state index contributed by atoms with van der Waals surface area (Å²) in [5, 5.41) is 9.36. The van der Waals surface area contributed by atoms with Crippen molar-refractivity contribution in [2.45, 2.75) is 11.7 Å². The number of carbonyl (C=O) groups is 2. The number of fused-ring (bicyclic) bond motifs is 1. The highest BCUT2D eigenvalue weighted by molar-refractivity contribution is 6.02. The van der Waals surface area contributed by atoms with Gasteiger partial charge in [-0.2, -0.15) is 0 Å². The molecule has 3 aliphatic rings. The van der Waals surface area contributed by atoms with Gasteiger partial charge in [0.15, 0.2) is 0 Å². The van der Waals surface area contributed by atoms with Crippen molar-refractivity contribution in [3.8, 4) is 0 Å². The Morgan fingerprint density at radius 1 is 1.55 bits per heavy atom. The number of carboxylic acids is 1. The number of pyridine rings is 1. The van der Waals surface area contributed by atoms with Crippen LogP contribution in [0, 0.1) is 11.8 Å². The molecule has 1 aromatic heterocycles. The molecule has 2 saturated heterocycles. The Balaban J connectivity index is 1.76. The van der Waals surface area contributed by atoms with Gasteiger partial charge in [0, 0.05) is 6.20 Å². The fourth-order valence-electron chi connectivity index (χ4n) is 3.51. The van der Waals surface area contributed by atoms with Gasteiger partial charge in [-0.1, -0.05) is 12.2 Å². The summed E-state index contributed by atoms with van der Waals surface area (Å²) in [6, 6.07) is 3.53. The van der Waals surface area contributed by atoms with Gasteiger partial charge in [-0.05, 0) is 12.1 Å². The van der Waals surface area contributed by atoms with Gasteiger partial charge in [0.1, 0.15) is 11.5 Å². The van der Waals surface area contributed by atoms with Gasteiger partial charge in [-0.3, -0.25) is 14.6 Å². The van der Waals surface area contributed by atoms with E-state index in [1.54, 1.807) is 35.5 Å². The first-order valence-electron chi connectivity index (χ1n) is 6.44. The minimum absolute atomic E-state index is 0.197. The molecule has 102 valence electrons. The monoisotopic (exact) mass is 272 g/mol. The van der Waals surface area contributed by atoms with E-state index in [0.29, 0.717) is 12.2 Å². The van der Waals surface area contributed by atoms with Crippen molar-refractivity contribution in [3.05, 3.63) is 36.7 Å². The Hall–Kier alpha value is -2.21. The predicted molar refractivity (Wildman–Crippen MR) is 67.9 cm³/mol. The molecule has 1 spiro atoms. The fourth-order valence-corrected chi connectivity index (χ4v) is 3.51. The lowest BCUT2D eigenvalue weighted by Crippen LogP contribution is -2.39. The molecule has 0 unspecified atom stereocenters. The van der Waals surface area contributed by atoms with Crippen molar-refractivity contribution in [3.63, 3.8) is 0 Å². The lowest BCUT2D eigenvalue weighted by Gasteiger charge is -2.21. The largest absolute Gasteiger partial charge is 0.481 e. The number of aliphatic carboxylic acids is 1. The van der Waals surface area contributed by atoms with Gasteiger partial charge in [-0.25, -0.2) is 0 Å². The Morgan fingerprint density at radius 2 is 2.40 bits per heavy atom. The third-order valence-corrected chi connectivity index (χ3v) is 4.34. The van der Waals surface area contributed by atoms with Gasteiger partial charge in [0.05, 0.1) is 30.5 Å². The lowest BCUT2D eigenvalue weighted by molar-refractivity contribution is -0.146. The number of amides is 1. The zero-order valence-electron chi connectivity index (χ0n) is 10.5. The van der Waals surface area contributed by atoms with E-state index >= 15 is 0 Å².